The predicted molar refractivity (Wildman–Crippen MR) is 82.1 cm³/mol. The van der Waals surface area contributed by atoms with E-state index in [1.54, 1.807) is 0 Å². The monoisotopic (exact) mass is 270 g/mol. The predicted octanol–water partition coefficient (Wildman–Crippen LogP) is 3.11. The molecule has 2 N–H and O–H groups in total. The highest BCUT2D eigenvalue weighted by atomic mass is 32.2. The van der Waals surface area contributed by atoms with Crippen molar-refractivity contribution in [1.29, 1.82) is 0 Å². The second-order valence-electron chi connectivity index (χ2n) is 7.62. The first-order valence-corrected chi connectivity index (χ1v) is 8.36. The van der Waals surface area contributed by atoms with Crippen LogP contribution < -0.4 is 5.73 Å². The van der Waals surface area contributed by atoms with Gasteiger partial charge >= 0.3 is 0 Å². The average molecular weight is 270 g/mol. The van der Waals surface area contributed by atoms with E-state index < -0.39 is 0 Å². The second kappa shape index (κ2) is 4.99. The Kier molecular flexibility index (Phi) is 4.07. The van der Waals surface area contributed by atoms with Crippen molar-refractivity contribution in [2.75, 3.05) is 25.4 Å². The molecule has 0 spiro atoms. The molecule has 106 valence electrons. The molecule has 2 fully saturated rings. The molecular formula is C15H30N2S. The molecular weight excluding hydrogens is 240 g/mol. The Morgan fingerprint density at radius 2 is 1.67 bits per heavy atom. The summed E-state index contributed by atoms with van der Waals surface area (Å²) in [5, 5.41) is 0. The van der Waals surface area contributed by atoms with Crippen molar-refractivity contribution < 1.29 is 0 Å². The summed E-state index contributed by atoms with van der Waals surface area (Å²) in [5.41, 5.74) is 7.02. The molecule has 1 saturated carbocycles. The summed E-state index contributed by atoms with van der Waals surface area (Å²) in [6.45, 7) is 12.8. The molecule has 0 aromatic heterocycles. The van der Waals surface area contributed by atoms with Gasteiger partial charge in [0.2, 0.25) is 0 Å². The summed E-state index contributed by atoms with van der Waals surface area (Å²) < 4.78 is 0.396. The van der Waals surface area contributed by atoms with Crippen LogP contribution in [0.15, 0.2) is 0 Å². The molecule has 1 heterocycles. The van der Waals surface area contributed by atoms with Crippen LogP contribution in [0.25, 0.3) is 0 Å². The van der Waals surface area contributed by atoms with E-state index in [4.69, 9.17) is 5.73 Å². The van der Waals surface area contributed by atoms with Crippen molar-refractivity contribution in [3.05, 3.63) is 0 Å². The normalized spacial score (nSPS) is 31.2. The van der Waals surface area contributed by atoms with Gasteiger partial charge in [0, 0.05) is 35.7 Å². The fraction of sp³-hybridized carbons (Fsp3) is 1.00. The number of thioether (sulfide) groups is 1. The Hall–Kier alpha value is 0.270. The van der Waals surface area contributed by atoms with Gasteiger partial charge in [0.1, 0.15) is 0 Å². The number of nitrogens with two attached hydrogens (primary N) is 1. The van der Waals surface area contributed by atoms with E-state index in [1.165, 1.54) is 44.5 Å². The molecule has 0 bridgehead atoms. The number of hydrogen-bond donors (Lipinski definition) is 1. The van der Waals surface area contributed by atoms with Crippen LogP contribution in [0.1, 0.15) is 53.4 Å². The quantitative estimate of drug-likeness (QED) is 0.836. The number of nitrogens with zero attached hydrogens (tertiary/aromatic N) is 1. The molecule has 3 heteroatoms. The standard InChI is InChI=1S/C15H30N2S/c1-13(2)5-7-15(11-16,8-6-13)17-9-10-18-14(3,4)12-17/h5-12,16H2,1-4H3. The minimum Gasteiger partial charge on any atom is -0.329 e. The van der Waals surface area contributed by atoms with Crippen molar-refractivity contribution in [2.24, 2.45) is 11.1 Å². The molecule has 0 amide bonds. The zero-order valence-corrected chi connectivity index (χ0v) is 13.4. The summed E-state index contributed by atoms with van der Waals surface area (Å²) in [6, 6.07) is 0. The molecule has 0 unspecified atom stereocenters. The molecule has 0 atom stereocenters. The van der Waals surface area contributed by atoms with Gasteiger partial charge in [0.05, 0.1) is 0 Å². The van der Waals surface area contributed by atoms with Gasteiger partial charge in [-0.3, -0.25) is 4.90 Å². The maximum atomic E-state index is 6.20. The van der Waals surface area contributed by atoms with Crippen LogP contribution in [0.3, 0.4) is 0 Å². The van der Waals surface area contributed by atoms with Gasteiger partial charge in [-0.05, 0) is 44.9 Å². The molecule has 0 aromatic rings. The van der Waals surface area contributed by atoms with Gasteiger partial charge in [0.15, 0.2) is 0 Å². The molecule has 1 saturated heterocycles. The summed E-state index contributed by atoms with van der Waals surface area (Å²) in [6.07, 6.45) is 5.23. The van der Waals surface area contributed by atoms with Gasteiger partial charge in [-0.15, -0.1) is 0 Å². The molecule has 0 radical (unpaired) electrons. The third-order valence-electron chi connectivity index (χ3n) is 5.01. The van der Waals surface area contributed by atoms with Gasteiger partial charge in [-0.2, -0.15) is 11.8 Å². The Labute approximate surface area is 117 Å². The highest BCUT2D eigenvalue weighted by Gasteiger charge is 2.44. The van der Waals surface area contributed by atoms with Crippen molar-refractivity contribution in [3.8, 4) is 0 Å². The van der Waals surface area contributed by atoms with E-state index in [2.05, 4.69) is 44.4 Å². The SMILES string of the molecule is CC1(C)CCC(CN)(N2CCSC(C)(C)C2)CC1. The Balaban J connectivity index is 2.08. The number of rotatable bonds is 2. The van der Waals surface area contributed by atoms with Crippen LogP contribution in [-0.4, -0.2) is 40.6 Å². The summed E-state index contributed by atoms with van der Waals surface area (Å²) in [7, 11) is 0. The van der Waals surface area contributed by atoms with Crippen LogP contribution in [0, 0.1) is 5.41 Å². The molecule has 1 aliphatic carbocycles. The molecule has 2 aliphatic rings. The maximum absolute atomic E-state index is 6.20. The zero-order chi connectivity index (χ0) is 13.4. The lowest BCUT2D eigenvalue weighted by atomic mass is 9.68. The lowest BCUT2D eigenvalue weighted by Gasteiger charge is -2.53. The summed E-state index contributed by atoms with van der Waals surface area (Å²) >= 11 is 2.11. The fourth-order valence-electron chi connectivity index (χ4n) is 3.46. The third-order valence-corrected chi connectivity index (χ3v) is 6.31. The maximum Gasteiger partial charge on any atom is 0.0333 e. The first-order valence-electron chi connectivity index (χ1n) is 7.38. The van der Waals surface area contributed by atoms with Crippen molar-refractivity contribution in [3.63, 3.8) is 0 Å². The van der Waals surface area contributed by atoms with Gasteiger partial charge in [-0.25, -0.2) is 0 Å². The molecule has 2 rings (SSSR count). The lowest BCUT2D eigenvalue weighted by Crippen LogP contribution is -2.61. The smallest absolute Gasteiger partial charge is 0.0333 e. The minimum absolute atomic E-state index is 0.299. The van der Waals surface area contributed by atoms with E-state index in [9.17, 15) is 0 Å². The highest BCUT2D eigenvalue weighted by Crippen LogP contribution is 2.44. The second-order valence-corrected chi connectivity index (χ2v) is 9.42. The van der Waals surface area contributed by atoms with E-state index in [0.717, 1.165) is 6.54 Å². The zero-order valence-electron chi connectivity index (χ0n) is 12.6. The van der Waals surface area contributed by atoms with Gasteiger partial charge < -0.3 is 5.73 Å². The van der Waals surface area contributed by atoms with E-state index >= 15 is 0 Å². The summed E-state index contributed by atoms with van der Waals surface area (Å²) in [4.78, 5) is 2.72. The fourth-order valence-corrected chi connectivity index (χ4v) is 4.57. The number of hydrogen-bond acceptors (Lipinski definition) is 3. The topological polar surface area (TPSA) is 29.3 Å². The van der Waals surface area contributed by atoms with Crippen molar-refractivity contribution in [2.45, 2.75) is 63.7 Å². The van der Waals surface area contributed by atoms with Crippen molar-refractivity contribution >= 4 is 11.8 Å². The van der Waals surface area contributed by atoms with Crippen LogP contribution in [0.2, 0.25) is 0 Å². The lowest BCUT2D eigenvalue weighted by molar-refractivity contribution is 0.0200. The average Bonchev–Trinajstić information content (AvgIpc) is 2.28. The van der Waals surface area contributed by atoms with Crippen LogP contribution in [0.5, 0.6) is 0 Å². The largest absolute Gasteiger partial charge is 0.329 e. The Morgan fingerprint density at radius 1 is 1.06 bits per heavy atom. The first-order chi connectivity index (χ1) is 8.29. The first kappa shape index (κ1) is 14.7. The van der Waals surface area contributed by atoms with E-state index in [0.29, 0.717) is 15.7 Å². The Morgan fingerprint density at radius 3 is 2.17 bits per heavy atom. The van der Waals surface area contributed by atoms with Crippen LogP contribution in [0.4, 0.5) is 0 Å². The van der Waals surface area contributed by atoms with E-state index in [-0.39, 0.29) is 0 Å². The Bertz CT molecular complexity index is 289. The summed E-state index contributed by atoms with van der Waals surface area (Å²) in [5.74, 6) is 1.26. The minimum atomic E-state index is 0.299. The van der Waals surface area contributed by atoms with Gasteiger partial charge in [0.25, 0.3) is 0 Å². The van der Waals surface area contributed by atoms with Gasteiger partial charge in [-0.1, -0.05) is 13.8 Å². The van der Waals surface area contributed by atoms with Crippen LogP contribution in [-0.2, 0) is 0 Å². The van der Waals surface area contributed by atoms with Crippen LogP contribution >= 0.6 is 11.8 Å². The molecule has 2 nitrogen and oxygen atoms in total. The molecule has 0 aromatic carbocycles. The molecule has 18 heavy (non-hydrogen) atoms. The highest BCUT2D eigenvalue weighted by molar-refractivity contribution is 8.00. The van der Waals surface area contributed by atoms with E-state index in [1.807, 2.05) is 0 Å². The third kappa shape index (κ3) is 3.05. The molecule has 1 aliphatic heterocycles. The van der Waals surface area contributed by atoms with Crippen molar-refractivity contribution in [1.82, 2.24) is 4.90 Å².